The Bertz CT molecular complexity index is 548. The molecule has 0 aliphatic carbocycles. The molecule has 2 rings (SSSR count). The minimum atomic E-state index is -0.375. The van der Waals surface area contributed by atoms with Crippen molar-refractivity contribution in [1.29, 1.82) is 0 Å². The largest absolute Gasteiger partial charge is 0.394 e. The van der Waals surface area contributed by atoms with Crippen LogP contribution in [0.1, 0.15) is 24.4 Å². The summed E-state index contributed by atoms with van der Waals surface area (Å²) in [7, 11) is 0. The summed E-state index contributed by atoms with van der Waals surface area (Å²) in [5.41, 5.74) is 2.65. The Labute approximate surface area is 98.9 Å². The van der Waals surface area contributed by atoms with Crippen molar-refractivity contribution in [2.24, 2.45) is 0 Å². The molecular weight excluding hydrogens is 218 g/mol. The van der Waals surface area contributed by atoms with Gasteiger partial charge in [0.15, 0.2) is 0 Å². The van der Waals surface area contributed by atoms with E-state index in [9.17, 15) is 9.90 Å². The van der Waals surface area contributed by atoms with E-state index >= 15 is 0 Å². The Morgan fingerprint density at radius 2 is 2.35 bits per heavy atom. The van der Waals surface area contributed by atoms with E-state index in [1.165, 1.54) is 6.92 Å². The van der Waals surface area contributed by atoms with E-state index in [1.807, 2.05) is 25.1 Å². The van der Waals surface area contributed by atoms with Gasteiger partial charge >= 0.3 is 0 Å². The molecule has 1 heterocycles. The molecule has 90 valence electrons. The van der Waals surface area contributed by atoms with Crippen LogP contribution in [0.2, 0.25) is 0 Å². The van der Waals surface area contributed by atoms with Gasteiger partial charge in [-0.05, 0) is 24.6 Å². The highest BCUT2D eigenvalue weighted by Gasteiger charge is 2.12. The number of benzene rings is 1. The second kappa shape index (κ2) is 4.55. The van der Waals surface area contributed by atoms with Gasteiger partial charge in [-0.25, -0.2) is 4.98 Å². The molecule has 5 nitrogen and oxygen atoms in total. The van der Waals surface area contributed by atoms with Gasteiger partial charge in [0.05, 0.1) is 23.7 Å². The van der Waals surface area contributed by atoms with Crippen LogP contribution in [0.25, 0.3) is 11.0 Å². The first-order valence-corrected chi connectivity index (χ1v) is 5.44. The molecule has 1 aromatic carbocycles. The number of fused-ring (bicyclic) bond motifs is 1. The van der Waals surface area contributed by atoms with Crippen LogP contribution < -0.4 is 5.32 Å². The zero-order chi connectivity index (χ0) is 12.4. The van der Waals surface area contributed by atoms with Gasteiger partial charge in [-0.2, -0.15) is 0 Å². The number of carbonyl (C=O) groups excluding carboxylic acids is 1. The van der Waals surface area contributed by atoms with Crippen molar-refractivity contribution >= 4 is 16.9 Å². The maximum Gasteiger partial charge on any atom is 0.217 e. The SMILES string of the molecule is CC(=O)NC(CO)c1ccc2nc(C)[nH]c2c1. The number of rotatable bonds is 3. The highest BCUT2D eigenvalue weighted by atomic mass is 16.3. The number of imidazole rings is 1. The van der Waals surface area contributed by atoms with Crippen LogP contribution in [0.15, 0.2) is 18.2 Å². The number of carbonyl (C=O) groups is 1. The summed E-state index contributed by atoms with van der Waals surface area (Å²) >= 11 is 0. The van der Waals surface area contributed by atoms with Gasteiger partial charge in [0, 0.05) is 6.92 Å². The standard InChI is InChI=1S/C12H15N3O2/c1-7-13-10-4-3-9(5-11(10)14-7)12(6-16)15-8(2)17/h3-5,12,16H,6H2,1-2H3,(H,13,14)(H,15,17). The van der Waals surface area contributed by atoms with E-state index in [0.717, 1.165) is 22.4 Å². The number of aliphatic hydroxyl groups excluding tert-OH is 1. The first-order valence-electron chi connectivity index (χ1n) is 5.44. The van der Waals surface area contributed by atoms with Gasteiger partial charge in [0.1, 0.15) is 5.82 Å². The average Bonchev–Trinajstić information content (AvgIpc) is 2.64. The number of amides is 1. The quantitative estimate of drug-likeness (QED) is 0.741. The Morgan fingerprint density at radius 3 is 3.00 bits per heavy atom. The molecular formula is C12H15N3O2. The van der Waals surface area contributed by atoms with Crippen LogP contribution in [-0.4, -0.2) is 27.6 Å². The average molecular weight is 233 g/mol. The van der Waals surface area contributed by atoms with Crippen molar-refractivity contribution in [3.05, 3.63) is 29.6 Å². The molecule has 0 radical (unpaired) electrons. The summed E-state index contributed by atoms with van der Waals surface area (Å²) < 4.78 is 0. The lowest BCUT2D eigenvalue weighted by atomic mass is 10.1. The van der Waals surface area contributed by atoms with Crippen LogP contribution in [-0.2, 0) is 4.79 Å². The normalized spacial score (nSPS) is 12.6. The zero-order valence-electron chi connectivity index (χ0n) is 9.82. The summed E-state index contributed by atoms with van der Waals surface area (Å²) in [6.45, 7) is 3.19. The Morgan fingerprint density at radius 1 is 1.59 bits per heavy atom. The van der Waals surface area contributed by atoms with E-state index in [-0.39, 0.29) is 18.6 Å². The van der Waals surface area contributed by atoms with Crippen LogP contribution in [0.5, 0.6) is 0 Å². The Balaban J connectivity index is 2.36. The molecule has 1 amide bonds. The fourth-order valence-corrected chi connectivity index (χ4v) is 1.85. The highest BCUT2D eigenvalue weighted by Crippen LogP contribution is 2.18. The monoisotopic (exact) mass is 233 g/mol. The predicted molar refractivity (Wildman–Crippen MR) is 64.5 cm³/mol. The predicted octanol–water partition coefficient (Wildman–Crippen LogP) is 1.04. The molecule has 17 heavy (non-hydrogen) atoms. The molecule has 1 atom stereocenters. The molecule has 1 unspecified atom stereocenters. The van der Waals surface area contributed by atoms with Gasteiger partial charge in [-0.1, -0.05) is 6.07 Å². The van der Waals surface area contributed by atoms with Crippen molar-refractivity contribution < 1.29 is 9.90 Å². The summed E-state index contributed by atoms with van der Waals surface area (Å²) in [6, 6.07) is 5.25. The van der Waals surface area contributed by atoms with Crippen molar-refractivity contribution in [2.45, 2.75) is 19.9 Å². The molecule has 0 saturated carbocycles. The van der Waals surface area contributed by atoms with E-state index in [2.05, 4.69) is 15.3 Å². The van der Waals surface area contributed by atoms with E-state index in [1.54, 1.807) is 0 Å². The lowest BCUT2D eigenvalue weighted by Crippen LogP contribution is -2.28. The molecule has 0 aliphatic heterocycles. The second-order valence-corrected chi connectivity index (χ2v) is 4.03. The smallest absolute Gasteiger partial charge is 0.217 e. The van der Waals surface area contributed by atoms with E-state index in [4.69, 9.17) is 0 Å². The first-order chi connectivity index (χ1) is 8.10. The lowest BCUT2D eigenvalue weighted by Gasteiger charge is -2.15. The van der Waals surface area contributed by atoms with E-state index in [0.29, 0.717) is 0 Å². The second-order valence-electron chi connectivity index (χ2n) is 4.03. The number of aliphatic hydroxyl groups is 1. The van der Waals surface area contributed by atoms with Gasteiger partial charge < -0.3 is 15.4 Å². The molecule has 5 heteroatoms. The summed E-state index contributed by atoms with van der Waals surface area (Å²) in [6.07, 6.45) is 0. The van der Waals surface area contributed by atoms with Crippen LogP contribution >= 0.6 is 0 Å². The van der Waals surface area contributed by atoms with Crippen molar-refractivity contribution in [3.63, 3.8) is 0 Å². The number of aryl methyl sites for hydroxylation is 1. The molecule has 0 aliphatic rings. The number of nitrogens with zero attached hydrogens (tertiary/aromatic N) is 1. The molecule has 2 aromatic rings. The molecule has 0 saturated heterocycles. The number of hydrogen-bond donors (Lipinski definition) is 3. The molecule has 0 spiro atoms. The van der Waals surface area contributed by atoms with Crippen LogP contribution in [0.3, 0.4) is 0 Å². The fourth-order valence-electron chi connectivity index (χ4n) is 1.85. The van der Waals surface area contributed by atoms with Crippen LogP contribution in [0.4, 0.5) is 0 Å². The van der Waals surface area contributed by atoms with Gasteiger partial charge in [0.25, 0.3) is 0 Å². The molecule has 0 fully saturated rings. The third-order valence-corrected chi connectivity index (χ3v) is 2.59. The summed E-state index contributed by atoms with van der Waals surface area (Å²) in [5.74, 6) is 0.683. The van der Waals surface area contributed by atoms with E-state index < -0.39 is 0 Å². The third kappa shape index (κ3) is 2.45. The fraction of sp³-hybridized carbons (Fsp3) is 0.333. The number of nitrogens with one attached hydrogen (secondary N) is 2. The van der Waals surface area contributed by atoms with Gasteiger partial charge in [-0.3, -0.25) is 4.79 Å². The van der Waals surface area contributed by atoms with Crippen LogP contribution in [0, 0.1) is 6.92 Å². The number of H-pyrrole nitrogens is 1. The number of aromatic nitrogens is 2. The molecule has 1 aromatic heterocycles. The Kier molecular flexibility index (Phi) is 3.10. The number of hydrogen-bond acceptors (Lipinski definition) is 3. The molecule has 3 N–H and O–H groups in total. The highest BCUT2D eigenvalue weighted by molar-refractivity contribution is 5.77. The Hall–Kier alpha value is -1.88. The summed E-state index contributed by atoms with van der Waals surface area (Å²) in [5, 5.41) is 12.0. The zero-order valence-corrected chi connectivity index (χ0v) is 9.82. The maximum absolute atomic E-state index is 11.0. The first kappa shape index (κ1) is 11.6. The van der Waals surface area contributed by atoms with Gasteiger partial charge in [0.2, 0.25) is 5.91 Å². The van der Waals surface area contributed by atoms with Crippen molar-refractivity contribution in [2.75, 3.05) is 6.61 Å². The third-order valence-electron chi connectivity index (χ3n) is 2.59. The molecule has 0 bridgehead atoms. The lowest BCUT2D eigenvalue weighted by molar-refractivity contribution is -0.120. The number of aromatic amines is 1. The maximum atomic E-state index is 11.0. The summed E-state index contributed by atoms with van der Waals surface area (Å²) in [4.78, 5) is 18.4. The van der Waals surface area contributed by atoms with Crippen molar-refractivity contribution in [1.82, 2.24) is 15.3 Å². The van der Waals surface area contributed by atoms with Gasteiger partial charge in [-0.15, -0.1) is 0 Å². The topological polar surface area (TPSA) is 78.0 Å². The van der Waals surface area contributed by atoms with Crippen molar-refractivity contribution in [3.8, 4) is 0 Å². The minimum Gasteiger partial charge on any atom is -0.394 e. The minimum absolute atomic E-state index is 0.127.